The maximum atomic E-state index is 11.0. The van der Waals surface area contributed by atoms with Gasteiger partial charge in [0.2, 0.25) is 0 Å². The molecule has 3 saturated heterocycles. The Labute approximate surface area is 155 Å². The summed E-state index contributed by atoms with van der Waals surface area (Å²) in [6.07, 6.45) is -9.27. The van der Waals surface area contributed by atoms with E-state index in [2.05, 4.69) is 4.18 Å². The number of hydrogen-bond donors (Lipinski definition) is 4. The third-order valence-corrected chi connectivity index (χ3v) is 5.48. The normalized spacial score (nSPS) is 47.9. The van der Waals surface area contributed by atoms with Crippen molar-refractivity contribution in [2.75, 3.05) is 20.3 Å². The van der Waals surface area contributed by atoms with Crippen LogP contribution in [0.25, 0.3) is 0 Å². The molecule has 0 aromatic carbocycles. The van der Waals surface area contributed by atoms with Gasteiger partial charge in [0.25, 0.3) is 0 Å². The first-order chi connectivity index (χ1) is 12.7. The first-order valence-electron chi connectivity index (χ1n) is 8.39. The second-order valence-electron chi connectivity index (χ2n) is 6.73. The number of aliphatic hydroxyl groups excluding tert-OH is 3. The number of ether oxygens (including phenoxy) is 5. The SMILES string of the molecule is CO[C@H]1OC2CO[C@@H](C1O)[C@H]2O[C@@H]1OC(CO)[C@H](OS(=O)(=O)O)[C@H](C)C1O. The summed E-state index contributed by atoms with van der Waals surface area (Å²) in [6.45, 7) is 0.957. The van der Waals surface area contributed by atoms with Crippen LogP contribution < -0.4 is 0 Å². The lowest BCUT2D eigenvalue weighted by Gasteiger charge is -2.44. The number of methoxy groups -OCH3 is 1. The molecule has 3 fully saturated rings. The third-order valence-electron chi connectivity index (χ3n) is 5.01. The van der Waals surface area contributed by atoms with Gasteiger partial charge in [0.05, 0.1) is 13.2 Å². The zero-order valence-electron chi connectivity index (χ0n) is 14.7. The van der Waals surface area contributed by atoms with Crippen LogP contribution in [0.4, 0.5) is 0 Å². The van der Waals surface area contributed by atoms with E-state index in [0.717, 1.165) is 0 Å². The molecule has 3 aliphatic heterocycles. The Morgan fingerprint density at radius 2 is 1.81 bits per heavy atom. The molecule has 0 aliphatic carbocycles. The van der Waals surface area contributed by atoms with E-state index in [0.29, 0.717) is 0 Å². The average Bonchev–Trinajstić information content (AvgIpc) is 2.91. The molecular formula is C14H24O12S. The van der Waals surface area contributed by atoms with E-state index >= 15 is 0 Å². The smallest absolute Gasteiger partial charge is 0.394 e. The molecule has 158 valence electrons. The molecule has 0 amide bonds. The van der Waals surface area contributed by atoms with E-state index in [9.17, 15) is 23.7 Å². The third kappa shape index (κ3) is 4.28. The fourth-order valence-corrected chi connectivity index (χ4v) is 4.18. The molecule has 0 aromatic rings. The minimum absolute atomic E-state index is 0.141. The zero-order chi connectivity index (χ0) is 19.9. The van der Waals surface area contributed by atoms with Gasteiger partial charge in [-0.1, -0.05) is 6.92 Å². The molecule has 4 unspecified atom stereocenters. The molecule has 2 bridgehead atoms. The molecule has 10 atom stereocenters. The van der Waals surface area contributed by atoms with Gasteiger partial charge in [-0.2, -0.15) is 8.42 Å². The Morgan fingerprint density at radius 3 is 2.41 bits per heavy atom. The maximum Gasteiger partial charge on any atom is 0.397 e. The first kappa shape index (κ1) is 21.3. The van der Waals surface area contributed by atoms with Crippen molar-refractivity contribution < 1.29 is 56.2 Å². The van der Waals surface area contributed by atoms with Crippen LogP contribution in [0, 0.1) is 5.92 Å². The zero-order valence-corrected chi connectivity index (χ0v) is 15.5. The van der Waals surface area contributed by atoms with Crippen LogP contribution in [0.5, 0.6) is 0 Å². The quantitative estimate of drug-likeness (QED) is 0.334. The van der Waals surface area contributed by atoms with Gasteiger partial charge in [-0.25, -0.2) is 4.18 Å². The van der Waals surface area contributed by atoms with Crippen molar-refractivity contribution >= 4 is 10.4 Å². The molecule has 12 nitrogen and oxygen atoms in total. The Balaban J connectivity index is 1.71. The minimum atomic E-state index is -4.82. The molecule has 3 rings (SSSR count). The summed E-state index contributed by atoms with van der Waals surface area (Å²) < 4.78 is 62.7. The number of hydrogen-bond acceptors (Lipinski definition) is 11. The van der Waals surface area contributed by atoms with Gasteiger partial charge >= 0.3 is 10.4 Å². The fraction of sp³-hybridized carbons (Fsp3) is 1.00. The van der Waals surface area contributed by atoms with Crippen molar-refractivity contribution in [1.29, 1.82) is 0 Å². The van der Waals surface area contributed by atoms with Crippen molar-refractivity contribution in [3.8, 4) is 0 Å². The summed E-state index contributed by atoms with van der Waals surface area (Å²) in [7, 11) is -3.44. The monoisotopic (exact) mass is 416 g/mol. The summed E-state index contributed by atoms with van der Waals surface area (Å²) in [5.41, 5.74) is 0. The summed E-state index contributed by atoms with van der Waals surface area (Å²) in [5, 5.41) is 30.2. The predicted octanol–water partition coefficient (Wildman–Crippen LogP) is -2.60. The lowest BCUT2D eigenvalue weighted by Crippen LogP contribution is -2.60. The van der Waals surface area contributed by atoms with Crippen molar-refractivity contribution in [3.05, 3.63) is 0 Å². The summed E-state index contributed by atoms with van der Waals surface area (Å²) in [6, 6.07) is 0. The average molecular weight is 416 g/mol. The van der Waals surface area contributed by atoms with Crippen LogP contribution in [0.15, 0.2) is 0 Å². The highest BCUT2D eigenvalue weighted by molar-refractivity contribution is 7.80. The van der Waals surface area contributed by atoms with Gasteiger partial charge in [-0.3, -0.25) is 4.55 Å². The highest BCUT2D eigenvalue weighted by Crippen LogP contribution is 2.36. The minimum Gasteiger partial charge on any atom is -0.394 e. The highest BCUT2D eigenvalue weighted by atomic mass is 32.3. The van der Waals surface area contributed by atoms with Crippen LogP contribution >= 0.6 is 0 Å². The molecule has 0 aromatic heterocycles. The number of rotatable bonds is 6. The van der Waals surface area contributed by atoms with Gasteiger partial charge in [-0.05, 0) is 0 Å². The molecule has 3 heterocycles. The second-order valence-corrected chi connectivity index (χ2v) is 7.78. The Bertz CT molecular complexity index is 611. The molecule has 27 heavy (non-hydrogen) atoms. The molecular weight excluding hydrogens is 392 g/mol. The van der Waals surface area contributed by atoms with Gasteiger partial charge in [0.1, 0.15) is 42.7 Å². The van der Waals surface area contributed by atoms with Crippen LogP contribution in [0.1, 0.15) is 6.92 Å². The van der Waals surface area contributed by atoms with E-state index < -0.39 is 78.2 Å². The lowest BCUT2D eigenvalue weighted by atomic mass is 9.90. The summed E-state index contributed by atoms with van der Waals surface area (Å²) in [4.78, 5) is 0. The summed E-state index contributed by atoms with van der Waals surface area (Å²) in [5.74, 6) is -0.873. The largest absolute Gasteiger partial charge is 0.397 e. The van der Waals surface area contributed by atoms with Crippen LogP contribution in [-0.4, -0.2) is 104 Å². The number of aliphatic hydroxyl groups is 3. The van der Waals surface area contributed by atoms with Crippen molar-refractivity contribution in [2.24, 2.45) is 5.92 Å². The Kier molecular flexibility index (Phi) is 6.39. The molecule has 0 spiro atoms. The molecule has 3 aliphatic rings. The van der Waals surface area contributed by atoms with Crippen LogP contribution in [-0.2, 0) is 38.3 Å². The lowest BCUT2D eigenvalue weighted by molar-refractivity contribution is -0.329. The standard InChI is InChI=1S/C14H24O12S/c1-5-8(16)14(23-6(3-15)10(5)26-27(18,19)20)25-11-7-4-22-12(11)9(17)13(21-2)24-7/h5-17H,3-4H2,1-2H3,(H,18,19,20)/t5-,6?,7?,8?,9?,10-,11+,12+,13+,14+/m1/s1. The van der Waals surface area contributed by atoms with E-state index in [1.807, 2.05) is 0 Å². The molecule has 0 saturated carbocycles. The van der Waals surface area contributed by atoms with Crippen molar-refractivity contribution in [1.82, 2.24) is 0 Å². The summed E-state index contributed by atoms with van der Waals surface area (Å²) >= 11 is 0. The van der Waals surface area contributed by atoms with E-state index in [-0.39, 0.29) is 6.61 Å². The van der Waals surface area contributed by atoms with Gasteiger partial charge in [0.15, 0.2) is 12.6 Å². The van der Waals surface area contributed by atoms with Gasteiger partial charge in [0, 0.05) is 13.0 Å². The van der Waals surface area contributed by atoms with Crippen LogP contribution in [0.2, 0.25) is 0 Å². The maximum absolute atomic E-state index is 11.0. The van der Waals surface area contributed by atoms with Gasteiger partial charge < -0.3 is 39.0 Å². The van der Waals surface area contributed by atoms with Crippen molar-refractivity contribution in [3.63, 3.8) is 0 Å². The number of fused-ring (bicyclic) bond motifs is 2. The topological polar surface area (TPSA) is 170 Å². The van der Waals surface area contributed by atoms with Gasteiger partial charge in [-0.15, -0.1) is 0 Å². The predicted molar refractivity (Wildman–Crippen MR) is 83.6 cm³/mol. The Morgan fingerprint density at radius 1 is 1.11 bits per heavy atom. The van der Waals surface area contributed by atoms with E-state index in [4.69, 9.17) is 28.2 Å². The molecule has 0 radical (unpaired) electrons. The van der Waals surface area contributed by atoms with Crippen LogP contribution in [0.3, 0.4) is 0 Å². The molecule has 13 heteroatoms. The fourth-order valence-electron chi connectivity index (χ4n) is 3.60. The van der Waals surface area contributed by atoms with Crippen molar-refractivity contribution in [2.45, 2.75) is 62.2 Å². The van der Waals surface area contributed by atoms with E-state index in [1.165, 1.54) is 14.0 Å². The highest BCUT2D eigenvalue weighted by Gasteiger charge is 2.55. The first-order valence-corrected chi connectivity index (χ1v) is 9.76. The Hall–Kier alpha value is -0.450. The molecule has 4 N–H and O–H groups in total. The second kappa shape index (κ2) is 8.12. The van der Waals surface area contributed by atoms with E-state index in [1.54, 1.807) is 0 Å².